The van der Waals surface area contributed by atoms with Gasteiger partial charge < -0.3 is 14.4 Å². The maximum atomic E-state index is 12.3. The highest BCUT2D eigenvalue weighted by Crippen LogP contribution is 2.28. The number of imidazole rings is 1. The lowest BCUT2D eigenvalue weighted by Gasteiger charge is -2.09. The van der Waals surface area contributed by atoms with Gasteiger partial charge in [0.05, 0.1) is 13.7 Å². The Bertz CT molecular complexity index is 711. The van der Waals surface area contributed by atoms with Crippen molar-refractivity contribution in [3.63, 3.8) is 0 Å². The molecule has 6 heteroatoms. The molecule has 0 unspecified atom stereocenters. The van der Waals surface area contributed by atoms with E-state index in [1.807, 2.05) is 24.3 Å². The minimum absolute atomic E-state index is 0.0157. The van der Waals surface area contributed by atoms with Gasteiger partial charge in [0.2, 0.25) is 0 Å². The molecule has 1 fully saturated rings. The molecule has 116 valence electrons. The molecule has 1 heterocycles. The maximum absolute atomic E-state index is 12.3. The smallest absolute Gasteiger partial charge is 0.362 e. The monoisotopic (exact) mass is 302 g/mol. The van der Waals surface area contributed by atoms with Crippen molar-refractivity contribution >= 4 is 6.29 Å². The molecule has 0 saturated heterocycles. The summed E-state index contributed by atoms with van der Waals surface area (Å²) in [5, 5.41) is 0. The van der Waals surface area contributed by atoms with Gasteiger partial charge in [-0.3, -0.25) is 4.57 Å². The van der Waals surface area contributed by atoms with E-state index in [9.17, 15) is 9.59 Å². The molecule has 3 rings (SSSR count). The first-order valence-electron chi connectivity index (χ1n) is 7.26. The zero-order valence-electron chi connectivity index (χ0n) is 12.4. The average Bonchev–Trinajstić information content (AvgIpc) is 3.32. The number of carbonyl (C=O) groups excluding carboxylic acids is 1. The lowest BCUT2D eigenvalue weighted by Crippen LogP contribution is -2.30. The van der Waals surface area contributed by atoms with Gasteiger partial charge in [-0.1, -0.05) is 0 Å². The lowest BCUT2D eigenvalue weighted by atomic mass is 10.1. The van der Waals surface area contributed by atoms with E-state index in [0.717, 1.165) is 24.2 Å². The van der Waals surface area contributed by atoms with Crippen LogP contribution in [0.2, 0.25) is 0 Å². The van der Waals surface area contributed by atoms with E-state index in [0.29, 0.717) is 24.5 Å². The van der Waals surface area contributed by atoms with E-state index in [2.05, 4.69) is 0 Å². The van der Waals surface area contributed by atoms with Crippen LogP contribution in [-0.4, -0.2) is 29.3 Å². The SMILES string of the molecule is COc1ccc(-c2cn(CC=O)c(=O)n2OCC2CC2)cc1. The molecule has 0 atom stereocenters. The molecule has 0 aliphatic heterocycles. The Balaban J connectivity index is 1.96. The van der Waals surface area contributed by atoms with Gasteiger partial charge in [-0.05, 0) is 43.0 Å². The van der Waals surface area contributed by atoms with E-state index in [1.165, 1.54) is 9.30 Å². The molecule has 1 aliphatic carbocycles. The van der Waals surface area contributed by atoms with Crippen LogP contribution in [0.3, 0.4) is 0 Å². The van der Waals surface area contributed by atoms with Crippen molar-refractivity contribution < 1.29 is 14.4 Å². The highest BCUT2D eigenvalue weighted by atomic mass is 16.7. The topological polar surface area (TPSA) is 62.5 Å². The summed E-state index contributed by atoms with van der Waals surface area (Å²) in [6.07, 6.45) is 4.62. The fourth-order valence-electron chi connectivity index (χ4n) is 2.23. The van der Waals surface area contributed by atoms with Crippen LogP contribution in [-0.2, 0) is 11.3 Å². The van der Waals surface area contributed by atoms with Crippen molar-refractivity contribution in [3.05, 3.63) is 40.9 Å². The van der Waals surface area contributed by atoms with Crippen LogP contribution < -0.4 is 15.3 Å². The summed E-state index contributed by atoms with van der Waals surface area (Å²) in [7, 11) is 1.60. The number of aromatic nitrogens is 2. The minimum Gasteiger partial charge on any atom is -0.497 e. The molecule has 0 N–H and O–H groups in total. The molecule has 0 bridgehead atoms. The maximum Gasteiger partial charge on any atom is 0.362 e. The zero-order valence-corrected chi connectivity index (χ0v) is 12.4. The number of rotatable bonds is 7. The van der Waals surface area contributed by atoms with Gasteiger partial charge in [-0.15, -0.1) is 4.73 Å². The first-order valence-corrected chi connectivity index (χ1v) is 7.26. The molecule has 1 saturated carbocycles. The fraction of sp³-hybridized carbons (Fsp3) is 0.375. The molecular formula is C16H18N2O4. The fourth-order valence-corrected chi connectivity index (χ4v) is 2.23. The van der Waals surface area contributed by atoms with Crippen molar-refractivity contribution in [2.45, 2.75) is 19.4 Å². The van der Waals surface area contributed by atoms with Crippen LogP contribution in [0.5, 0.6) is 5.75 Å². The molecule has 2 aromatic rings. The van der Waals surface area contributed by atoms with Crippen molar-refractivity contribution in [2.24, 2.45) is 5.92 Å². The van der Waals surface area contributed by atoms with E-state index < -0.39 is 0 Å². The van der Waals surface area contributed by atoms with Crippen LogP contribution in [0.1, 0.15) is 12.8 Å². The summed E-state index contributed by atoms with van der Waals surface area (Å²) in [5.41, 5.74) is 1.13. The highest BCUT2D eigenvalue weighted by Gasteiger charge is 2.24. The molecule has 1 aliphatic rings. The minimum atomic E-state index is -0.335. The largest absolute Gasteiger partial charge is 0.497 e. The Hall–Kier alpha value is -2.50. The van der Waals surface area contributed by atoms with Crippen LogP contribution in [0.15, 0.2) is 35.3 Å². The zero-order chi connectivity index (χ0) is 15.5. The second kappa shape index (κ2) is 6.09. The first kappa shape index (κ1) is 14.4. The number of hydrogen-bond acceptors (Lipinski definition) is 4. The third-order valence-electron chi connectivity index (χ3n) is 3.71. The van der Waals surface area contributed by atoms with Gasteiger partial charge in [0.25, 0.3) is 0 Å². The van der Waals surface area contributed by atoms with Gasteiger partial charge >= 0.3 is 5.69 Å². The van der Waals surface area contributed by atoms with Gasteiger partial charge in [-0.2, -0.15) is 0 Å². The Morgan fingerprint density at radius 3 is 2.59 bits per heavy atom. The number of aldehydes is 1. The van der Waals surface area contributed by atoms with Crippen molar-refractivity contribution in [1.82, 2.24) is 9.30 Å². The summed E-state index contributed by atoms with van der Waals surface area (Å²) in [5.74, 6) is 1.27. The Morgan fingerprint density at radius 2 is 2.00 bits per heavy atom. The van der Waals surface area contributed by atoms with Gasteiger partial charge in [0.15, 0.2) is 0 Å². The molecular weight excluding hydrogens is 284 g/mol. The first-order chi connectivity index (χ1) is 10.7. The Morgan fingerprint density at radius 1 is 1.27 bits per heavy atom. The molecule has 0 spiro atoms. The summed E-state index contributed by atoms with van der Waals surface area (Å²) in [6, 6.07) is 7.36. The Kier molecular flexibility index (Phi) is 4.00. The van der Waals surface area contributed by atoms with E-state index in [-0.39, 0.29) is 12.2 Å². The van der Waals surface area contributed by atoms with Crippen molar-refractivity contribution in [2.75, 3.05) is 13.7 Å². The second-order valence-corrected chi connectivity index (χ2v) is 5.38. The number of methoxy groups -OCH3 is 1. The number of nitrogens with zero attached hydrogens (tertiary/aromatic N) is 2. The third-order valence-corrected chi connectivity index (χ3v) is 3.71. The van der Waals surface area contributed by atoms with Gasteiger partial charge in [0, 0.05) is 11.8 Å². The highest BCUT2D eigenvalue weighted by molar-refractivity contribution is 5.60. The molecule has 6 nitrogen and oxygen atoms in total. The second-order valence-electron chi connectivity index (χ2n) is 5.38. The van der Waals surface area contributed by atoms with Crippen LogP contribution in [0, 0.1) is 5.92 Å². The molecule has 1 aromatic heterocycles. The summed E-state index contributed by atoms with van der Waals surface area (Å²) in [6.45, 7) is 0.538. The summed E-state index contributed by atoms with van der Waals surface area (Å²) in [4.78, 5) is 28.7. The van der Waals surface area contributed by atoms with E-state index in [1.54, 1.807) is 13.3 Å². The van der Waals surface area contributed by atoms with Gasteiger partial charge in [0.1, 0.15) is 24.3 Å². The Labute approximate surface area is 127 Å². The van der Waals surface area contributed by atoms with Gasteiger partial charge in [-0.25, -0.2) is 4.79 Å². The van der Waals surface area contributed by atoms with Crippen molar-refractivity contribution in [3.8, 4) is 17.0 Å². The number of benzene rings is 1. The van der Waals surface area contributed by atoms with E-state index >= 15 is 0 Å². The third kappa shape index (κ3) is 2.90. The number of ether oxygens (including phenoxy) is 1. The molecule has 0 amide bonds. The predicted octanol–water partition coefficient (Wildman–Crippen LogP) is 1.36. The molecule has 1 aromatic carbocycles. The van der Waals surface area contributed by atoms with E-state index in [4.69, 9.17) is 9.57 Å². The quantitative estimate of drug-likeness (QED) is 0.725. The standard InChI is InChI=1S/C16H18N2O4/c1-21-14-6-4-13(5-7-14)15-10-17(8-9-19)16(20)18(15)22-11-12-2-3-12/h4-7,9-10,12H,2-3,8,11H2,1H3. The number of hydrogen-bond donors (Lipinski definition) is 0. The van der Waals surface area contributed by atoms with Crippen molar-refractivity contribution in [1.29, 1.82) is 0 Å². The van der Waals surface area contributed by atoms with Crippen LogP contribution in [0.25, 0.3) is 11.3 Å². The predicted molar refractivity (Wildman–Crippen MR) is 80.9 cm³/mol. The normalized spacial score (nSPS) is 13.9. The average molecular weight is 302 g/mol. The summed E-state index contributed by atoms with van der Waals surface area (Å²) >= 11 is 0. The lowest BCUT2D eigenvalue weighted by molar-refractivity contribution is -0.108. The summed E-state index contributed by atoms with van der Waals surface area (Å²) < 4.78 is 7.77. The molecule has 22 heavy (non-hydrogen) atoms. The number of carbonyl (C=O) groups is 1. The molecule has 0 radical (unpaired) electrons. The van der Waals surface area contributed by atoms with Crippen LogP contribution in [0.4, 0.5) is 0 Å². The van der Waals surface area contributed by atoms with Crippen LogP contribution >= 0.6 is 0 Å².